The molecule has 5 heteroatoms. The summed E-state index contributed by atoms with van der Waals surface area (Å²) in [6, 6.07) is 34.4. The van der Waals surface area contributed by atoms with Gasteiger partial charge in [-0.3, -0.25) is 14.2 Å². The summed E-state index contributed by atoms with van der Waals surface area (Å²) in [5, 5.41) is 0.546. The van der Waals surface area contributed by atoms with E-state index in [-0.39, 0.29) is 11.5 Å². The first-order valence-electron chi connectivity index (χ1n) is 13.2. The predicted molar refractivity (Wildman–Crippen MR) is 158 cm³/mol. The van der Waals surface area contributed by atoms with Crippen molar-refractivity contribution in [3.63, 3.8) is 0 Å². The van der Waals surface area contributed by atoms with Gasteiger partial charge in [0.2, 0.25) is 5.91 Å². The van der Waals surface area contributed by atoms with Gasteiger partial charge in [-0.25, -0.2) is 4.98 Å². The second-order valence-electron chi connectivity index (χ2n) is 9.48. The zero-order valence-electron chi connectivity index (χ0n) is 22.2. The van der Waals surface area contributed by atoms with Crippen molar-refractivity contribution in [2.45, 2.75) is 32.9 Å². The van der Waals surface area contributed by atoms with E-state index < -0.39 is 6.04 Å². The van der Waals surface area contributed by atoms with Crippen molar-refractivity contribution < 1.29 is 4.79 Å². The minimum atomic E-state index is -0.500. The van der Waals surface area contributed by atoms with Crippen LogP contribution in [0.3, 0.4) is 0 Å². The van der Waals surface area contributed by atoms with E-state index in [1.807, 2.05) is 116 Å². The number of carbonyl (C=O) groups excluding carboxylic acids is 1. The average molecular weight is 514 g/mol. The standard InChI is InChI=1S/C34H31N3O2/c1-3-28-18-10-13-21-31(28)37-33(35-30-20-12-11-19-29(30)34(37)39)25(2)36(24-27-16-8-5-9-17-27)32(38)23-22-26-14-6-4-7-15-26/h4-23,25H,3,24H2,1-2H3. The molecule has 4 aromatic carbocycles. The molecule has 0 aliphatic heterocycles. The number of amides is 1. The van der Waals surface area contributed by atoms with Gasteiger partial charge >= 0.3 is 0 Å². The first-order valence-corrected chi connectivity index (χ1v) is 13.2. The van der Waals surface area contributed by atoms with Crippen molar-refractivity contribution in [1.29, 1.82) is 0 Å². The lowest BCUT2D eigenvalue weighted by atomic mass is 10.1. The zero-order chi connectivity index (χ0) is 27.2. The number of nitrogens with zero attached hydrogens (tertiary/aromatic N) is 3. The third kappa shape index (κ3) is 5.58. The van der Waals surface area contributed by atoms with Crippen LogP contribution in [0.1, 0.15) is 42.4 Å². The van der Waals surface area contributed by atoms with Crippen LogP contribution in [-0.2, 0) is 17.8 Å². The molecule has 0 N–H and O–H groups in total. The molecule has 1 aromatic heterocycles. The molecule has 1 heterocycles. The first kappa shape index (κ1) is 25.9. The summed E-state index contributed by atoms with van der Waals surface area (Å²) >= 11 is 0. The molecule has 1 unspecified atom stereocenters. The second-order valence-corrected chi connectivity index (χ2v) is 9.48. The third-order valence-corrected chi connectivity index (χ3v) is 6.95. The molecule has 1 atom stereocenters. The Labute approximate surface area is 228 Å². The van der Waals surface area contributed by atoms with Gasteiger partial charge in [-0.1, -0.05) is 97.9 Å². The maximum atomic E-state index is 14.0. The van der Waals surface area contributed by atoms with Gasteiger partial charge in [0.1, 0.15) is 5.82 Å². The summed E-state index contributed by atoms with van der Waals surface area (Å²) in [5.74, 6) is 0.366. The Morgan fingerprint density at radius 1 is 0.872 bits per heavy atom. The van der Waals surface area contributed by atoms with Crippen LogP contribution in [0.5, 0.6) is 0 Å². The molecular weight excluding hydrogens is 482 g/mol. The Bertz CT molecular complexity index is 1670. The molecule has 0 saturated carbocycles. The quantitative estimate of drug-likeness (QED) is 0.216. The minimum Gasteiger partial charge on any atom is -0.325 e. The molecule has 5 rings (SSSR count). The Morgan fingerprint density at radius 2 is 1.51 bits per heavy atom. The number of fused-ring (bicyclic) bond motifs is 1. The fourth-order valence-corrected chi connectivity index (χ4v) is 4.84. The van der Waals surface area contributed by atoms with E-state index in [9.17, 15) is 9.59 Å². The van der Waals surface area contributed by atoms with Crippen molar-refractivity contribution in [3.8, 4) is 5.69 Å². The normalized spacial score (nSPS) is 12.1. The van der Waals surface area contributed by atoms with E-state index >= 15 is 0 Å². The van der Waals surface area contributed by atoms with Crippen LogP contribution in [0.25, 0.3) is 22.7 Å². The highest BCUT2D eigenvalue weighted by Crippen LogP contribution is 2.26. The fourth-order valence-electron chi connectivity index (χ4n) is 4.84. The van der Waals surface area contributed by atoms with Gasteiger partial charge in [-0.15, -0.1) is 0 Å². The molecule has 0 fully saturated rings. The summed E-state index contributed by atoms with van der Waals surface area (Å²) in [4.78, 5) is 34.5. The lowest BCUT2D eigenvalue weighted by Crippen LogP contribution is -2.36. The number of hydrogen-bond donors (Lipinski definition) is 0. The van der Waals surface area contributed by atoms with Crippen LogP contribution in [0.15, 0.2) is 120 Å². The maximum absolute atomic E-state index is 14.0. The van der Waals surface area contributed by atoms with Gasteiger partial charge in [0, 0.05) is 12.6 Å². The van der Waals surface area contributed by atoms with Crippen molar-refractivity contribution in [1.82, 2.24) is 14.5 Å². The first-order chi connectivity index (χ1) is 19.1. The summed E-state index contributed by atoms with van der Waals surface area (Å²) in [6.07, 6.45) is 4.17. The number of para-hydroxylation sites is 2. The van der Waals surface area contributed by atoms with Gasteiger partial charge in [-0.05, 0) is 54.3 Å². The van der Waals surface area contributed by atoms with E-state index in [0.29, 0.717) is 23.3 Å². The predicted octanol–water partition coefficient (Wildman–Crippen LogP) is 6.75. The second kappa shape index (κ2) is 11.7. The van der Waals surface area contributed by atoms with Crippen LogP contribution >= 0.6 is 0 Å². The van der Waals surface area contributed by atoms with Crippen molar-refractivity contribution in [2.75, 3.05) is 0 Å². The highest BCUT2D eigenvalue weighted by molar-refractivity contribution is 5.92. The van der Waals surface area contributed by atoms with E-state index in [4.69, 9.17) is 4.98 Å². The van der Waals surface area contributed by atoms with E-state index in [0.717, 1.165) is 28.8 Å². The smallest absolute Gasteiger partial charge is 0.266 e. The number of carbonyl (C=O) groups is 1. The Kier molecular flexibility index (Phi) is 7.78. The van der Waals surface area contributed by atoms with Crippen LogP contribution in [0.2, 0.25) is 0 Å². The van der Waals surface area contributed by atoms with Crippen molar-refractivity contribution in [2.24, 2.45) is 0 Å². The van der Waals surface area contributed by atoms with Crippen LogP contribution in [0, 0.1) is 0 Å². The largest absolute Gasteiger partial charge is 0.325 e. The molecule has 39 heavy (non-hydrogen) atoms. The molecule has 0 aliphatic rings. The van der Waals surface area contributed by atoms with Gasteiger partial charge in [-0.2, -0.15) is 0 Å². The lowest BCUT2D eigenvalue weighted by molar-refractivity contribution is -0.128. The van der Waals surface area contributed by atoms with Gasteiger partial charge in [0.25, 0.3) is 5.56 Å². The molecule has 194 valence electrons. The molecule has 0 bridgehead atoms. The molecule has 0 saturated heterocycles. The van der Waals surface area contributed by atoms with Crippen molar-refractivity contribution in [3.05, 3.63) is 148 Å². The summed E-state index contributed by atoms with van der Waals surface area (Å²) < 4.78 is 1.69. The maximum Gasteiger partial charge on any atom is 0.266 e. The number of aromatic nitrogens is 2. The Hall–Kier alpha value is -4.77. The molecule has 0 radical (unpaired) electrons. The highest BCUT2D eigenvalue weighted by atomic mass is 16.2. The van der Waals surface area contributed by atoms with Crippen LogP contribution in [-0.4, -0.2) is 20.4 Å². The highest BCUT2D eigenvalue weighted by Gasteiger charge is 2.26. The minimum absolute atomic E-state index is 0.143. The summed E-state index contributed by atoms with van der Waals surface area (Å²) in [7, 11) is 0. The molecule has 5 aromatic rings. The van der Waals surface area contributed by atoms with Gasteiger partial charge in [0.05, 0.1) is 22.6 Å². The number of rotatable bonds is 8. The molecule has 1 amide bonds. The van der Waals surface area contributed by atoms with Crippen LogP contribution in [0.4, 0.5) is 0 Å². The molecular formula is C34H31N3O2. The lowest BCUT2D eigenvalue weighted by Gasteiger charge is -2.30. The van der Waals surface area contributed by atoms with Gasteiger partial charge in [0.15, 0.2) is 0 Å². The summed E-state index contributed by atoms with van der Waals surface area (Å²) in [6.45, 7) is 4.39. The molecule has 0 spiro atoms. The third-order valence-electron chi connectivity index (χ3n) is 6.95. The molecule has 0 aliphatic carbocycles. The molecule has 5 nitrogen and oxygen atoms in total. The Morgan fingerprint density at radius 3 is 2.26 bits per heavy atom. The average Bonchev–Trinajstić information content (AvgIpc) is 2.99. The number of benzene rings is 4. The van der Waals surface area contributed by atoms with Gasteiger partial charge < -0.3 is 4.90 Å². The number of hydrogen-bond acceptors (Lipinski definition) is 3. The zero-order valence-corrected chi connectivity index (χ0v) is 22.2. The monoisotopic (exact) mass is 513 g/mol. The SMILES string of the molecule is CCc1ccccc1-n1c(C(C)N(Cc2ccccc2)C(=O)C=Cc2ccccc2)nc2ccccc2c1=O. The van der Waals surface area contributed by atoms with E-state index in [2.05, 4.69) is 6.92 Å². The van der Waals surface area contributed by atoms with Crippen LogP contribution < -0.4 is 5.56 Å². The summed E-state index contributed by atoms with van der Waals surface area (Å²) in [5.41, 5.74) is 4.23. The Balaban J connectivity index is 1.67. The topological polar surface area (TPSA) is 55.2 Å². The van der Waals surface area contributed by atoms with E-state index in [1.54, 1.807) is 21.6 Å². The van der Waals surface area contributed by atoms with Crippen molar-refractivity contribution >= 4 is 22.9 Å². The fraction of sp³-hybridized carbons (Fsp3) is 0.147. The van der Waals surface area contributed by atoms with E-state index in [1.165, 1.54) is 0 Å². The number of aryl methyl sites for hydroxylation is 1.